The second-order valence-electron chi connectivity index (χ2n) is 10.3. The molecule has 0 radical (unpaired) electrons. The smallest absolute Gasteiger partial charge is 0.259 e. The second-order valence-corrected chi connectivity index (χ2v) is 11.4. The fourth-order valence-corrected chi connectivity index (χ4v) is 6.11. The number of fused-ring (bicyclic) bond motifs is 1. The Balaban J connectivity index is 1.75. The largest absolute Gasteiger partial charge is 0.497 e. The van der Waals surface area contributed by atoms with Crippen molar-refractivity contribution in [1.82, 2.24) is 0 Å². The van der Waals surface area contributed by atoms with E-state index in [-0.39, 0.29) is 11.3 Å². The molecule has 0 bridgehead atoms. The van der Waals surface area contributed by atoms with Crippen molar-refractivity contribution < 1.29 is 14.3 Å². The average Bonchev–Trinajstić information content (AvgIpc) is 3.24. The summed E-state index contributed by atoms with van der Waals surface area (Å²) in [5.41, 5.74) is 4.86. The predicted molar refractivity (Wildman–Crippen MR) is 150 cm³/mol. The van der Waals surface area contributed by atoms with Gasteiger partial charge in [0, 0.05) is 22.3 Å². The topological polar surface area (TPSA) is 59.9 Å². The van der Waals surface area contributed by atoms with E-state index in [9.17, 15) is 4.79 Å². The number of anilines is 1. The number of nitrogens with one attached hydrogen (secondary N) is 1. The van der Waals surface area contributed by atoms with E-state index in [0.717, 1.165) is 58.8 Å². The molecule has 1 atom stereocenters. The van der Waals surface area contributed by atoms with Crippen LogP contribution in [-0.2, 0) is 19.3 Å². The lowest BCUT2D eigenvalue weighted by Gasteiger charge is -2.33. The summed E-state index contributed by atoms with van der Waals surface area (Å²) in [4.78, 5) is 19.9. The molecule has 1 heterocycles. The lowest BCUT2D eigenvalue weighted by molar-refractivity contribution is 0.102. The van der Waals surface area contributed by atoms with Crippen LogP contribution < -0.4 is 14.8 Å². The number of carbonyl (C=O) groups excluding carboxylic acids is 1. The molecule has 0 saturated heterocycles. The van der Waals surface area contributed by atoms with E-state index < -0.39 is 0 Å². The number of rotatable bonds is 7. The lowest BCUT2D eigenvalue weighted by atomic mass is 9.72. The Morgan fingerprint density at radius 3 is 2.64 bits per heavy atom. The zero-order chi connectivity index (χ0) is 25.9. The molecule has 5 nitrogen and oxygen atoms in total. The zero-order valence-corrected chi connectivity index (χ0v) is 22.9. The maximum absolute atomic E-state index is 13.7. The van der Waals surface area contributed by atoms with E-state index in [2.05, 4.69) is 39.1 Å². The molecule has 36 heavy (non-hydrogen) atoms. The number of para-hydroxylation sites is 1. The molecule has 1 aliphatic carbocycles. The number of hydrogen-bond acceptors (Lipinski definition) is 5. The number of nitrogens with zero attached hydrogens (tertiary/aromatic N) is 1. The van der Waals surface area contributed by atoms with Crippen LogP contribution in [0.25, 0.3) is 0 Å². The van der Waals surface area contributed by atoms with Crippen LogP contribution in [-0.4, -0.2) is 26.3 Å². The highest BCUT2D eigenvalue weighted by Gasteiger charge is 2.33. The lowest BCUT2D eigenvalue weighted by Crippen LogP contribution is -2.27. The van der Waals surface area contributed by atoms with Crippen molar-refractivity contribution >= 4 is 34.1 Å². The third-order valence-corrected chi connectivity index (χ3v) is 8.27. The summed E-state index contributed by atoms with van der Waals surface area (Å²) in [5, 5.41) is 3.93. The molecule has 0 spiro atoms. The minimum absolute atomic E-state index is 0.0904. The molecule has 1 unspecified atom stereocenters. The second kappa shape index (κ2) is 10.9. The Morgan fingerprint density at radius 1 is 1.17 bits per heavy atom. The SMILES string of the molecule is CCc1ccccc1NC(=O)c1c(/N=C/c2cc(OC)ccc2OC)sc2c1CCC(C(C)(C)C)C2. The third-order valence-electron chi connectivity index (χ3n) is 7.10. The summed E-state index contributed by atoms with van der Waals surface area (Å²) in [5.74, 6) is 1.92. The number of amides is 1. The molecule has 1 aromatic heterocycles. The molecule has 0 fully saturated rings. The third kappa shape index (κ3) is 5.49. The molecule has 0 saturated carbocycles. The van der Waals surface area contributed by atoms with Gasteiger partial charge in [-0.05, 0) is 72.4 Å². The summed E-state index contributed by atoms with van der Waals surface area (Å²) < 4.78 is 10.9. The van der Waals surface area contributed by atoms with Gasteiger partial charge >= 0.3 is 0 Å². The van der Waals surface area contributed by atoms with Gasteiger partial charge in [0.15, 0.2) is 0 Å². The summed E-state index contributed by atoms with van der Waals surface area (Å²) in [6, 6.07) is 13.6. The van der Waals surface area contributed by atoms with Crippen LogP contribution in [0.2, 0.25) is 0 Å². The number of carbonyl (C=O) groups is 1. The van der Waals surface area contributed by atoms with Crippen molar-refractivity contribution in [2.45, 2.75) is 53.4 Å². The van der Waals surface area contributed by atoms with Crippen LogP contribution in [0.1, 0.15) is 66.0 Å². The van der Waals surface area contributed by atoms with E-state index in [1.54, 1.807) is 31.8 Å². The van der Waals surface area contributed by atoms with E-state index in [1.807, 2.05) is 36.4 Å². The number of benzene rings is 2. The highest BCUT2D eigenvalue weighted by Crippen LogP contribution is 2.45. The molecule has 6 heteroatoms. The maximum Gasteiger partial charge on any atom is 0.259 e. The maximum atomic E-state index is 13.7. The molecule has 0 aliphatic heterocycles. The van der Waals surface area contributed by atoms with Crippen LogP contribution in [0, 0.1) is 11.3 Å². The first-order valence-electron chi connectivity index (χ1n) is 12.5. The summed E-state index contributed by atoms with van der Waals surface area (Å²) in [6.07, 6.45) is 5.58. The van der Waals surface area contributed by atoms with Crippen molar-refractivity contribution in [3.8, 4) is 11.5 Å². The molecule has 190 valence electrons. The van der Waals surface area contributed by atoms with Gasteiger partial charge in [0.1, 0.15) is 16.5 Å². The minimum Gasteiger partial charge on any atom is -0.497 e. The van der Waals surface area contributed by atoms with Gasteiger partial charge in [-0.2, -0.15) is 0 Å². The summed E-state index contributed by atoms with van der Waals surface area (Å²) in [7, 11) is 3.28. The normalized spacial score (nSPS) is 15.6. The standard InChI is InChI=1S/C30H36N2O3S/c1-7-19-10-8-9-11-24(19)32-28(33)27-23-14-12-21(30(2,3)4)17-26(23)36-29(27)31-18-20-16-22(34-5)13-15-25(20)35-6/h8-11,13,15-16,18,21H,7,12,14,17H2,1-6H3,(H,32,33)/b31-18+. The van der Waals surface area contributed by atoms with Gasteiger partial charge in [0.05, 0.1) is 19.8 Å². The van der Waals surface area contributed by atoms with Gasteiger partial charge in [0.25, 0.3) is 5.91 Å². The molecule has 1 amide bonds. The molecule has 1 aliphatic rings. The molecule has 3 aromatic rings. The number of thiophene rings is 1. The number of methoxy groups -OCH3 is 2. The van der Waals surface area contributed by atoms with Gasteiger partial charge in [-0.25, -0.2) is 4.99 Å². The molecule has 4 rings (SSSR count). The highest BCUT2D eigenvalue weighted by atomic mass is 32.1. The zero-order valence-electron chi connectivity index (χ0n) is 22.1. The number of hydrogen-bond donors (Lipinski definition) is 1. The number of aryl methyl sites for hydroxylation is 1. The first-order chi connectivity index (χ1) is 17.2. The Kier molecular flexibility index (Phi) is 7.84. The molecule has 2 aromatic carbocycles. The van der Waals surface area contributed by atoms with Crippen molar-refractivity contribution in [3.05, 3.63) is 69.6 Å². The van der Waals surface area contributed by atoms with Crippen molar-refractivity contribution in [3.63, 3.8) is 0 Å². The highest BCUT2D eigenvalue weighted by molar-refractivity contribution is 7.16. The fraction of sp³-hybridized carbons (Fsp3) is 0.400. The number of aliphatic imine (C=N–C) groups is 1. The first-order valence-corrected chi connectivity index (χ1v) is 13.4. The monoisotopic (exact) mass is 504 g/mol. The fourth-order valence-electron chi connectivity index (χ4n) is 4.84. The molecular formula is C30H36N2O3S. The van der Waals surface area contributed by atoms with Crippen LogP contribution in [0.5, 0.6) is 11.5 Å². The Labute approximate surface area is 218 Å². The van der Waals surface area contributed by atoms with E-state index in [4.69, 9.17) is 14.5 Å². The summed E-state index contributed by atoms with van der Waals surface area (Å²) >= 11 is 1.64. The van der Waals surface area contributed by atoms with Gasteiger partial charge in [-0.1, -0.05) is 45.9 Å². The minimum atomic E-state index is -0.0904. The van der Waals surface area contributed by atoms with Gasteiger partial charge in [-0.3, -0.25) is 4.79 Å². The Bertz CT molecular complexity index is 1270. The number of ether oxygens (including phenoxy) is 2. The van der Waals surface area contributed by atoms with Crippen LogP contribution >= 0.6 is 11.3 Å². The van der Waals surface area contributed by atoms with Crippen LogP contribution in [0.15, 0.2) is 47.5 Å². The van der Waals surface area contributed by atoms with E-state index >= 15 is 0 Å². The Hall–Kier alpha value is -3.12. The quantitative estimate of drug-likeness (QED) is 0.339. The van der Waals surface area contributed by atoms with E-state index in [1.165, 1.54) is 4.88 Å². The van der Waals surface area contributed by atoms with Crippen molar-refractivity contribution in [2.24, 2.45) is 16.3 Å². The Morgan fingerprint density at radius 2 is 1.94 bits per heavy atom. The average molecular weight is 505 g/mol. The van der Waals surface area contributed by atoms with E-state index in [0.29, 0.717) is 17.2 Å². The van der Waals surface area contributed by atoms with Gasteiger partial charge < -0.3 is 14.8 Å². The first kappa shape index (κ1) is 26.0. The van der Waals surface area contributed by atoms with Crippen LogP contribution in [0.4, 0.5) is 10.7 Å². The van der Waals surface area contributed by atoms with Crippen molar-refractivity contribution in [2.75, 3.05) is 19.5 Å². The van der Waals surface area contributed by atoms with Crippen LogP contribution in [0.3, 0.4) is 0 Å². The molecular weight excluding hydrogens is 468 g/mol. The summed E-state index contributed by atoms with van der Waals surface area (Å²) in [6.45, 7) is 9.01. The van der Waals surface area contributed by atoms with Crippen molar-refractivity contribution in [1.29, 1.82) is 0 Å². The van der Waals surface area contributed by atoms with Gasteiger partial charge in [0.2, 0.25) is 0 Å². The predicted octanol–water partition coefficient (Wildman–Crippen LogP) is 7.48. The molecule has 1 N–H and O–H groups in total. The van der Waals surface area contributed by atoms with Gasteiger partial charge in [-0.15, -0.1) is 11.3 Å².